The van der Waals surface area contributed by atoms with Crippen molar-refractivity contribution in [2.45, 2.75) is 32.7 Å². The van der Waals surface area contributed by atoms with Crippen LogP contribution >= 0.6 is 15.9 Å². The fourth-order valence-electron chi connectivity index (χ4n) is 2.50. The van der Waals surface area contributed by atoms with Gasteiger partial charge in [0, 0.05) is 22.9 Å². The van der Waals surface area contributed by atoms with E-state index in [1.54, 1.807) is 6.20 Å². The van der Waals surface area contributed by atoms with Crippen molar-refractivity contribution >= 4 is 15.9 Å². The second-order valence-electron chi connectivity index (χ2n) is 4.96. The maximum atomic E-state index is 4.76. The highest BCUT2D eigenvalue weighted by Gasteiger charge is 2.17. The largest absolute Gasteiger partial charge is 0.311 e. The zero-order chi connectivity index (χ0) is 13.9. The van der Waals surface area contributed by atoms with Crippen LogP contribution in [0.25, 0.3) is 11.5 Å². The van der Waals surface area contributed by atoms with Gasteiger partial charge < -0.3 is 5.32 Å². The molecule has 4 nitrogen and oxygen atoms in total. The van der Waals surface area contributed by atoms with E-state index in [0.717, 1.165) is 54.0 Å². The van der Waals surface area contributed by atoms with Crippen LogP contribution in [0, 0.1) is 0 Å². The van der Waals surface area contributed by atoms with Crippen molar-refractivity contribution < 1.29 is 0 Å². The molecule has 0 spiro atoms. The predicted molar refractivity (Wildman–Crippen MR) is 82.4 cm³/mol. The van der Waals surface area contributed by atoms with E-state index in [1.165, 1.54) is 11.3 Å². The van der Waals surface area contributed by atoms with Crippen LogP contribution in [0.5, 0.6) is 0 Å². The highest BCUT2D eigenvalue weighted by Crippen LogP contribution is 2.22. The Balaban J connectivity index is 2.07. The van der Waals surface area contributed by atoms with Crippen LogP contribution < -0.4 is 5.32 Å². The number of hydrogen-bond acceptors (Lipinski definition) is 4. The molecule has 5 heteroatoms. The van der Waals surface area contributed by atoms with Gasteiger partial charge in [0.05, 0.1) is 5.69 Å². The summed E-state index contributed by atoms with van der Waals surface area (Å²) in [6.07, 6.45) is 4.92. The first-order valence-electron chi connectivity index (χ1n) is 6.99. The molecule has 0 bridgehead atoms. The van der Waals surface area contributed by atoms with Crippen molar-refractivity contribution in [3.05, 3.63) is 39.8 Å². The lowest BCUT2D eigenvalue weighted by molar-refractivity contribution is 0.614. The Morgan fingerprint density at radius 2 is 2.20 bits per heavy atom. The van der Waals surface area contributed by atoms with Crippen molar-refractivity contribution in [1.82, 2.24) is 20.3 Å². The summed E-state index contributed by atoms with van der Waals surface area (Å²) in [5.74, 6) is 0.739. The Labute approximate surface area is 127 Å². The zero-order valence-corrected chi connectivity index (χ0v) is 13.1. The van der Waals surface area contributed by atoms with Crippen LogP contribution in [0.2, 0.25) is 0 Å². The number of hydrogen-bond donors (Lipinski definition) is 1. The molecule has 1 N–H and O–H groups in total. The highest BCUT2D eigenvalue weighted by molar-refractivity contribution is 9.10. The molecule has 0 saturated heterocycles. The number of aryl methyl sites for hydroxylation is 1. The van der Waals surface area contributed by atoms with Gasteiger partial charge in [0.25, 0.3) is 0 Å². The second-order valence-corrected chi connectivity index (χ2v) is 5.87. The standard InChI is InChI=1S/C15H17BrN4/c1-2-3-12-11-6-7-17-9-14(11)20-15(19-12)13-5-4-10(16)8-18-13/h4-5,8,17H,2-3,6-7,9H2,1H3. The third-order valence-electron chi connectivity index (χ3n) is 3.47. The molecule has 0 saturated carbocycles. The molecule has 0 fully saturated rings. The summed E-state index contributed by atoms with van der Waals surface area (Å²) in [7, 11) is 0. The minimum atomic E-state index is 0.739. The molecule has 0 radical (unpaired) electrons. The van der Waals surface area contributed by atoms with Gasteiger partial charge in [-0.2, -0.15) is 0 Å². The Kier molecular flexibility index (Phi) is 4.08. The maximum absolute atomic E-state index is 4.76. The second kappa shape index (κ2) is 5.97. The zero-order valence-electron chi connectivity index (χ0n) is 11.5. The number of aromatic nitrogens is 3. The third-order valence-corrected chi connectivity index (χ3v) is 3.94. The van der Waals surface area contributed by atoms with Crippen LogP contribution in [-0.4, -0.2) is 21.5 Å². The smallest absolute Gasteiger partial charge is 0.178 e. The molecule has 0 atom stereocenters. The van der Waals surface area contributed by atoms with Gasteiger partial charge in [-0.3, -0.25) is 4.98 Å². The normalized spacial score (nSPS) is 14.1. The average molecular weight is 333 g/mol. The summed E-state index contributed by atoms with van der Waals surface area (Å²) in [6, 6.07) is 3.93. The number of nitrogens with one attached hydrogen (secondary N) is 1. The molecule has 20 heavy (non-hydrogen) atoms. The van der Waals surface area contributed by atoms with Gasteiger partial charge in [0.2, 0.25) is 0 Å². The molecule has 0 amide bonds. The van der Waals surface area contributed by atoms with E-state index in [0.29, 0.717) is 0 Å². The van der Waals surface area contributed by atoms with Gasteiger partial charge in [-0.05, 0) is 53.0 Å². The number of fused-ring (bicyclic) bond motifs is 1. The molecule has 2 aromatic rings. The van der Waals surface area contributed by atoms with Crippen molar-refractivity contribution in [3.8, 4) is 11.5 Å². The lowest BCUT2D eigenvalue weighted by Crippen LogP contribution is -2.26. The van der Waals surface area contributed by atoms with Gasteiger partial charge in [0.1, 0.15) is 5.69 Å². The van der Waals surface area contributed by atoms with Crippen LogP contribution in [0.3, 0.4) is 0 Å². The predicted octanol–water partition coefficient (Wildman–Crippen LogP) is 2.90. The van der Waals surface area contributed by atoms with E-state index in [4.69, 9.17) is 9.97 Å². The molecular formula is C15H17BrN4. The Morgan fingerprint density at radius 3 is 2.95 bits per heavy atom. The topological polar surface area (TPSA) is 50.7 Å². The molecule has 0 unspecified atom stereocenters. The molecule has 104 valence electrons. The van der Waals surface area contributed by atoms with E-state index >= 15 is 0 Å². The van der Waals surface area contributed by atoms with Crippen molar-refractivity contribution in [1.29, 1.82) is 0 Å². The molecule has 0 aromatic carbocycles. The summed E-state index contributed by atoms with van der Waals surface area (Å²) in [6.45, 7) is 4.04. The van der Waals surface area contributed by atoms with E-state index in [-0.39, 0.29) is 0 Å². The maximum Gasteiger partial charge on any atom is 0.178 e. The minimum absolute atomic E-state index is 0.739. The van der Waals surface area contributed by atoms with Crippen molar-refractivity contribution in [2.75, 3.05) is 6.54 Å². The summed E-state index contributed by atoms with van der Waals surface area (Å²) in [4.78, 5) is 13.9. The van der Waals surface area contributed by atoms with Crippen LogP contribution in [0.15, 0.2) is 22.8 Å². The monoisotopic (exact) mass is 332 g/mol. The lowest BCUT2D eigenvalue weighted by atomic mass is 10.0. The molecule has 3 heterocycles. The van der Waals surface area contributed by atoms with Crippen LogP contribution in [0.4, 0.5) is 0 Å². The fourth-order valence-corrected chi connectivity index (χ4v) is 2.74. The van der Waals surface area contributed by atoms with Gasteiger partial charge in [-0.1, -0.05) is 13.3 Å². The summed E-state index contributed by atoms with van der Waals surface area (Å²) in [5, 5.41) is 3.38. The van der Waals surface area contributed by atoms with Gasteiger partial charge >= 0.3 is 0 Å². The first-order valence-corrected chi connectivity index (χ1v) is 7.78. The summed E-state index contributed by atoms with van der Waals surface area (Å²) in [5.41, 5.74) is 4.50. The minimum Gasteiger partial charge on any atom is -0.311 e. The summed E-state index contributed by atoms with van der Waals surface area (Å²) >= 11 is 3.40. The van der Waals surface area contributed by atoms with Gasteiger partial charge in [0.15, 0.2) is 5.82 Å². The average Bonchev–Trinajstić information content (AvgIpc) is 2.48. The third kappa shape index (κ3) is 2.74. The molecular weight excluding hydrogens is 316 g/mol. The van der Waals surface area contributed by atoms with Crippen molar-refractivity contribution in [2.24, 2.45) is 0 Å². The first kappa shape index (κ1) is 13.6. The van der Waals surface area contributed by atoms with E-state index in [1.807, 2.05) is 12.1 Å². The van der Waals surface area contributed by atoms with E-state index in [9.17, 15) is 0 Å². The molecule has 1 aliphatic heterocycles. The Bertz CT molecular complexity index is 610. The molecule has 1 aliphatic rings. The van der Waals surface area contributed by atoms with E-state index < -0.39 is 0 Å². The molecule has 3 rings (SSSR count). The summed E-state index contributed by atoms with van der Waals surface area (Å²) < 4.78 is 0.967. The number of halogens is 1. The Hall–Kier alpha value is -1.33. The highest BCUT2D eigenvalue weighted by atomic mass is 79.9. The Morgan fingerprint density at radius 1 is 1.30 bits per heavy atom. The number of pyridine rings is 1. The number of rotatable bonds is 3. The number of nitrogens with zero attached hydrogens (tertiary/aromatic N) is 3. The van der Waals surface area contributed by atoms with Crippen LogP contribution in [0.1, 0.15) is 30.3 Å². The van der Waals surface area contributed by atoms with Gasteiger partial charge in [-0.25, -0.2) is 9.97 Å². The quantitative estimate of drug-likeness (QED) is 0.938. The van der Waals surface area contributed by atoms with E-state index in [2.05, 4.69) is 33.2 Å². The van der Waals surface area contributed by atoms with Crippen molar-refractivity contribution in [3.63, 3.8) is 0 Å². The molecule has 0 aliphatic carbocycles. The fraction of sp³-hybridized carbons (Fsp3) is 0.400. The lowest BCUT2D eigenvalue weighted by Gasteiger charge is -2.19. The van der Waals surface area contributed by atoms with Gasteiger partial charge in [-0.15, -0.1) is 0 Å². The first-order chi connectivity index (χ1) is 9.78. The van der Waals surface area contributed by atoms with Crippen LogP contribution in [-0.2, 0) is 19.4 Å². The molecule has 2 aromatic heterocycles. The SMILES string of the molecule is CCCc1nc(-c2ccc(Br)cn2)nc2c1CCNC2.